The van der Waals surface area contributed by atoms with Crippen LogP contribution in [0, 0.1) is 0 Å². The molecule has 1 N–H and O–H groups in total. The third-order valence-electron chi connectivity index (χ3n) is 4.43. The van der Waals surface area contributed by atoms with E-state index in [1.54, 1.807) is 18.7 Å². The minimum Gasteiger partial charge on any atom is -0.444 e. The van der Waals surface area contributed by atoms with Gasteiger partial charge >= 0.3 is 6.09 Å². The van der Waals surface area contributed by atoms with Gasteiger partial charge in [-0.15, -0.1) is 0 Å². The van der Waals surface area contributed by atoms with Gasteiger partial charge in [0.05, 0.1) is 5.25 Å². The fourth-order valence-corrected chi connectivity index (χ4v) is 3.95. The first-order valence-electron chi connectivity index (χ1n) is 9.03. The molecule has 7 heteroatoms. The zero-order valence-corrected chi connectivity index (χ0v) is 17.0. The largest absolute Gasteiger partial charge is 0.444 e. The maximum absolute atomic E-state index is 12.5. The Morgan fingerprint density at radius 2 is 1.85 bits per heavy atom. The summed E-state index contributed by atoms with van der Waals surface area (Å²) in [6.07, 6.45) is 0.189. The number of benzene rings is 1. The van der Waals surface area contributed by atoms with Crippen LogP contribution in [0.2, 0.25) is 0 Å². The van der Waals surface area contributed by atoms with Crippen LogP contribution in [-0.2, 0) is 14.8 Å². The molecule has 1 aliphatic heterocycles. The van der Waals surface area contributed by atoms with Gasteiger partial charge in [0.1, 0.15) is 5.60 Å². The van der Waals surface area contributed by atoms with Crippen LogP contribution in [0.5, 0.6) is 0 Å². The number of hydrogen-bond donors (Lipinski definition) is 1. The molecular formula is C19H30N2O4S. The van der Waals surface area contributed by atoms with E-state index < -0.39 is 20.9 Å². The molecule has 0 aromatic heterocycles. The molecule has 0 aliphatic carbocycles. The summed E-state index contributed by atoms with van der Waals surface area (Å²) in [6, 6.07) is 9.47. The number of piperidine rings is 1. The van der Waals surface area contributed by atoms with Gasteiger partial charge in [-0.1, -0.05) is 30.3 Å². The lowest BCUT2D eigenvalue weighted by Gasteiger charge is -2.39. The topological polar surface area (TPSA) is 75.7 Å². The SMILES string of the molecule is CC(C)S(=O)(=O)N[C@H]1CCN(C(=O)OC(C)(C)C)C[C@@H]1c1ccccc1. The van der Waals surface area contributed by atoms with E-state index >= 15 is 0 Å². The number of likely N-dealkylation sites (tertiary alicyclic amines) is 1. The molecule has 1 aliphatic rings. The van der Waals surface area contributed by atoms with Crippen molar-refractivity contribution in [1.29, 1.82) is 0 Å². The lowest BCUT2D eigenvalue weighted by molar-refractivity contribution is 0.0182. The third kappa shape index (κ3) is 5.45. The molecule has 0 bridgehead atoms. The average Bonchev–Trinajstić information content (AvgIpc) is 2.54. The van der Waals surface area contributed by atoms with E-state index in [9.17, 15) is 13.2 Å². The normalized spacial score (nSPS) is 21.7. The quantitative estimate of drug-likeness (QED) is 0.868. The molecule has 0 radical (unpaired) electrons. The number of nitrogens with zero attached hydrogens (tertiary/aromatic N) is 1. The summed E-state index contributed by atoms with van der Waals surface area (Å²) in [6.45, 7) is 9.72. The molecule has 146 valence electrons. The Morgan fingerprint density at radius 3 is 2.38 bits per heavy atom. The molecule has 1 fully saturated rings. The van der Waals surface area contributed by atoms with Crippen LogP contribution in [0.25, 0.3) is 0 Å². The van der Waals surface area contributed by atoms with E-state index in [4.69, 9.17) is 4.74 Å². The second-order valence-corrected chi connectivity index (χ2v) is 10.3. The van der Waals surface area contributed by atoms with E-state index in [1.165, 1.54) is 0 Å². The number of nitrogens with one attached hydrogen (secondary N) is 1. The second kappa shape index (κ2) is 7.96. The van der Waals surface area contributed by atoms with Crippen molar-refractivity contribution in [3.05, 3.63) is 35.9 Å². The maximum Gasteiger partial charge on any atom is 0.410 e. The summed E-state index contributed by atoms with van der Waals surface area (Å²) < 4.78 is 33.1. The van der Waals surface area contributed by atoms with Crippen molar-refractivity contribution in [3.8, 4) is 0 Å². The Hall–Kier alpha value is -1.60. The van der Waals surface area contributed by atoms with Crippen molar-refractivity contribution in [2.45, 2.75) is 63.9 Å². The fraction of sp³-hybridized carbons (Fsp3) is 0.632. The Kier molecular flexibility index (Phi) is 6.34. The first kappa shape index (κ1) is 20.7. The summed E-state index contributed by atoms with van der Waals surface area (Å²) in [5.74, 6) is -0.119. The van der Waals surface area contributed by atoms with E-state index in [-0.39, 0.29) is 18.1 Å². The Labute approximate surface area is 157 Å². The molecule has 0 saturated carbocycles. The van der Waals surface area contributed by atoms with E-state index in [0.29, 0.717) is 19.5 Å². The molecule has 26 heavy (non-hydrogen) atoms. The number of rotatable bonds is 4. The highest BCUT2D eigenvalue weighted by molar-refractivity contribution is 7.90. The van der Waals surface area contributed by atoms with Crippen molar-refractivity contribution in [1.82, 2.24) is 9.62 Å². The van der Waals surface area contributed by atoms with Crippen LogP contribution in [0.3, 0.4) is 0 Å². The van der Waals surface area contributed by atoms with Crippen LogP contribution in [0.1, 0.15) is 52.5 Å². The van der Waals surface area contributed by atoms with Crippen molar-refractivity contribution < 1.29 is 17.9 Å². The second-order valence-electron chi connectivity index (χ2n) is 8.05. The van der Waals surface area contributed by atoms with Gasteiger partial charge in [0.25, 0.3) is 0 Å². The van der Waals surface area contributed by atoms with Gasteiger partial charge in [-0.05, 0) is 46.6 Å². The molecular weight excluding hydrogens is 352 g/mol. The van der Waals surface area contributed by atoms with Crippen LogP contribution in [0.4, 0.5) is 4.79 Å². The number of sulfonamides is 1. The highest BCUT2D eigenvalue weighted by atomic mass is 32.2. The molecule has 1 heterocycles. The van der Waals surface area contributed by atoms with Gasteiger partial charge in [-0.3, -0.25) is 0 Å². The van der Waals surface area contributed by atoms with Gasteiger partial charge in [-0.2, -0.15) is 0 Å². The molecule has 2 atom stereocenters. The summed E-state index contributed by atoms with van der Waals surface area (Å²) in [4.78, 5) is 14.1. The van der Waals surface area contributed by atoms with E-state index in [1.807, 2.05) is 51.1 Å². The highest BCUT2D eigenvalue weighted by Crippen LogP contribution is 2.29. The smallest absolute Gasteiger partial charge is 0.410 e. The summed E-state index contributed by atoms with van der Waals surface area (Å²) in [5, 5.41) is -0.497. The van der Waals surface area contributed by atoms with Crippen LogP contribution >= 0.6 is 0 Å². The molecule has 0 unspecified atom stereocenters. The minimum atomic E-state index is -3.39. The maximum atomic E-state index is 12.5. The molecule has 6 nitrogen and oxygen atoms in total. The van der Waals surface area contributed by atoms with Crippen LogP contribution < -0.4 is 4.72 Å². The van der Waals surface area contributed by atoms with Crippen molar-refractivity contribution >= 4 is 16.1 Å². The van der Waals surface area contributed by atoms with E-state index in [2.05, 4.69) is 4.72 Å². The van der Waals surface area contributed by atoms with Gasteiger partial charge in [0, 0.05) is 25.0 Å². The van der Waals surface area contributed by atoms with Gasteiger partial charge < -0.3 is 9.64 Å². The Morgan fingerprint density at radius 1 is 1.23 bits per heavy atom. The number of amides is 1. The Balaban J connectivity index is 2.22. The molecule has 2 rings (SSSR count). The number of carbonyl (C=O) groups excluding carboxylic acids is 1. The molecule has 0 spiro atoms. The first-order chi connectivity index (χ1) is 12.0. The average molecular weight is 383 g/mol. The minimum absolute atomic E-state index is 0.119. The number of ether oxygens (including phenoxy) is 1. The van der Waals surface area contributed by atoms with Crippen molar-refractivity contribution in [3.63, 3.8) is 0 Å². The summed E-state index contributed by atoms with van der Waals surface area (Å²) in [5.41, 5.74) is 0.451. The van der Waals surface area contributed by atoms with Gasteiger partial charge in [-0.25, -0.2) is 17.9 Å². The van der Waals surface area contributed by atoms with Gasteiger partial charge in [0.2, 0.25) is 10.0 Å². The summed E-state index contributed by atoms with van der Waals surface area (Å²) in [7, 11) is -3.39. The van der Waals surface area contributed by atoms with Gasteiger partial charge in [0.15, 0.2) is 0 Å². The zero-order valence-electron chi connectivity index (χ0n) is 16.2. The molecule has 1 saturated heterocycles. The highest BCUT2D eigenvalue weighted by Gasteiger charge is 2.36. The zero-order chi connectivity index (χ0) is 19.5. The van der Waals surface area contributed by atoms with Crippen molar-refractivity contribution in [2.24, 2.45) is 0 Å². The third-order valence-corrected chi connectivity index (χ3v) is 6.30. The lowest BCUT2D eigenvalue weighted by atomic mass is 9.87. The Bertz CT molecular complexity index is 711. The van der Waals surface area contributed by atoms with E-state index in [0.717, 1.165) is 5.56 Å². The number of hydrogen-bond acceptors (Lipinski definition) is 4. The first-order valence-corrected chi connectivity index (χ1v) is 10.6. The van der Waals surface area contributed by atoms with Crippen LogP contribution in [-0.4, -0.2) is 49.4 Å². The summed E-state index contributed by atoms with van der Waals surface area (Å²) >= 11 is 0. The van der Waals surface area contributed by atoms with Crippen LogP contribution in [0.15, 0.2) is 30.3 Å². The monoisotopic (exact) mass is 382 g/mol. The van der Waals surface area contributed by atoms with Crippen molar-refractivity contribution in [2.75, 3.05) is 13.1 Å². The predicted molar refractivity (Wildman–Crippen MR) is 103 cm³/mol. The molecule has 1 aromatic carbocycles. The molecule has 1 aromatic rings. The predicted octanol–water partition coefficient (Wildman–Crippen LogP) is 3.11. The lowest BCUT2D eigenvalue weighted by Crippen LogP contribution is -2.53. The molecule has 1 amide bonds. The fourth-order valence-electron chi connectivity index (χ4n) is 2.97. The number of carbonyl (C=O) groups is 1. The standard InChI is InChI=1S/C19H30N2O4S/c1-14(2)26(23,24)20-17-11-12-21(18(22)25-19(3,4)5)13-16(17)15-9-7-6-8-10-15/h6-10,14,16-17,20H,11-13H2,1-5H3/t16-,17+/m1/s1.